The number of aliphatic carboxylic acids is 1. The smallest absolute Gasteiger partial charge is 0.341 e. The molecular formula is C20H27NO5S. The molecule has 0 aliphatic heterocycles. The van der Waals surface area contributed by atoms with Gasteiger partial charge in [-0.15, -0.1) is 11.3 Å². The zero-order valence-electron chi connectivity index (χ0n) is 15.7. The Morgan fingerprint density at radius 3 is 2.52 bits per heavy atom. The molecule has 1 aromatic heterocycles. The fraction of sp³-hybridized carbons (Fsp3) is 0.650. The fourth-order valence-electron chi connectivity index (χ4n) is 4.08. The molecule has 2 aliphatic carbocycles. The van der Waals surface area contributed by atoms with Crippen molar-refractivity contribution in [1.29, 1.82) is 0 Å². The number of carboxylic acids is 1. The van der Waals surface area contributed by atoms with Crippen molar-refractivity contribution in [2.24, 2.45) is 11.8 Å². The third-order valence-electron chi connectivity index (χ3n) is 5.47. The second kappa shape index (κ2) is 8.87. The minimum Gasteiger partial charge on any atom is -0.481 e. The van der Waals surface area contributed by atoms with Gasteiger partial charge in [0.15, 0.2) is 0 Å². The summed E-state index contributed by atoms with van der Waals surface area (Å²) in [5, 5.41) is 12.9. The summed E-state index contributed by atoms with van der Waals surface area (Å²) in [5.74, 6) is -2.78. The standard InChI is InChI=1S/C20H27NO5S/c1-2-11-26-20(25)16-14-9-5-6-10-15(14)27-18(16)21-17(22)12-7-3-4-8-13(12)19(23)24/h12-13H,2-11H2,1H3,(H,21,22)(H,23,24)/t12-,13-/m1/s1. The molecule has 0 radical (unpaired) electrons. The summed E-state index contributed by atoms with van der Waals surface area (Å²) < 4.78 is 5.35. The molecule has 6 nitrogen and oxygen atoms in total. The van der Waals surface area contributed by atoms with Crippen LogP contribution in [0, 0.1) is 11.8 Å². The molecule has 0 spiro atoms. The average molecular weight is 394 g/mol. The fourth-order valence-corrected chi connectivity index (χ4v) is 5.36. The highest BCUT2D eigenvalue weighted by molar-refractivity contribution is 7.17. The number of carboxylic acid groups (broad SMARTS) is 1. The van der Waals surface area contributed by atoms with Crippen molar-refractivity contribution in [1.82, 2.24) is 0 Å². The second-order valence-electron chi connectivity index (χ2n) is 7.38. The molecule has 27 heavy (non-hydrogen) atoms. The summed E-state index contributed by atoms with van der Waals surface area (Å²) in [7, 11) is 0. The number of fused-ring (bicyclic) bond motifs is 1. The molecule has 1 amide bonds. The second-order valence-corrected chi connectivity index (χ2v) is 8.48. The van der Waals surface area contributed by atoms with E-state index in [0.29, 0.717) is 30.0 Å². The largest absolute Gasteiger partial charge is 0.481 e. The molecule has 0 saturated heterocycles. The third-order valence-corrected chi connectivity index (χ3v) is 6.68. The van der Waals surface area contributed by atoms with Gasteiger partial charge in [-0.2, -0.15) is 0 Å². The summed E-state index contributed by atoms with van der Waals surface area (Å²) in [6, 6.07) is 0. The molecule has 2 N–H and O–H groups in total. The Morgan fingerprint density at radius 1 is 1.11 bits per heavy atom. The van der Waals surface area contributed by atoms with Crippen LogP contribution in [0.15, 0.2) is 0 Å². The first kappa shape index (κ1) is 19.9. The molecule has 1 aromatic rings. The van der Waals surface area contributed by atoms with E-state index in [0.717, 1.165) is 55.4 Å². The molecule has 2 atom stereocenters. The molecule has 7 heteroatoms. The van der Waals surface area contributed by atoms with Gasteiger partial charge in [0.1, 0.15) is 5.00 Å². The number of carbonyl (C=O) groups is 3. The molecule has 0 unspecified atom stereocenters. The first-order valence-electron chi connectivity index (χ1n) is 9.88. The number of hydrogen-bond donors (Lipinski definition) is 2. The minimum absolute atomic E-state index is 0.287. The highest BCUT2D eigenvalue weighted by atomic mass is 32.1. The Bertz CT molecular complexity index is 726. The summed E-state index contributed by atoms with van der Waals surface area (Å²) in [5.41, 5.74) is 1.49. The van der Waals surface area contributed by atoms with E-state index in [9.17, 15) is 19.5 Å². The van der Waals surface area contributed by atoms with Crippen LogP contribution in [0.25, 0.3) is 0 Å². The van der Waals surface area contributed by atoms with Crippen LogP contribution in [0.5, 0.6) is 0 Å². The maximum Gasteiger partial charge on any atom is 0.341 e. The van der Waals surface area contributed by atoms with Crippen LogP contribution in [0.2, 0.25) is 0 Å². The van der Waals surface area contributed by atoms with Crippen molar-refractivity contribution < 1.29 is 24.2 Å². The van der Waals surface area contributed by atoms with Crippen molar-refractivity contribution in [2.75, 3.05) is 11.9 Å². The van der Waals surface area contributed by atoms with Gasteiger partial charge in [-0.3, -0.25) is 9.59 Å². The predicted molar refractivity (Wildman–Crippen MR) is 103 cm³/mol. The number of esters is 1. The van der Waals surface area contributed by atoms with Crippen molar-refractivity contribution in [3.63, 3.8) is 0 Å². The van der Waals surface area contributed by atoms with Gasteiger partial charge in [-0.05, 0) is 50.5 Å². The molecule has 1 saturated carbocycles. The molecule has 0 bridgehead atoms. The number of hydrogen-bond acceptors (Lipinski definition) is 5. The van der Waals surface area contributed by atoms with E-state index in [-0.39, 0.29) is 11.9 Å². The van der Waals surface area contributed by atoms with Gasteiger partial charge in [0.25, 0.3) is 0 Å². The lowest BCUT2D eigenvalue weighted by molar-refractivity contribution is -0.147. The molecule has 2 aliphatic rings. The number of anilines is 1. The van der Waals surface area contributed by atoms with Gasteiger partial charge in [0.05, 0.1) is 24.0 Å². The highest BCUT2D eigenvalue weighted by Gasteiger charge is 2.37. The monoisotopic (exact) mass is 393 g/mol. The van der Waals surface area contributed by atoms with Crippen LogP contribution >= 0.6 is 11.3 Å². The molecular weight excluding hydrogens is 366 g/mol. The normalized spacial score (nSPS) is 22.0. The van der Waals surface area contributed by atoms with Gasteiger partial charge in [-0.25, -0.2) is 4.79 Å². The maximum absolute atomic E-state index is 12.9. The van der Waals surface area contributed by atoms with E-state index >= 15 is 0 Å². The third kappa shape index (κ3) is 4.34. The van der Waals surface area contributed by atoms with Crippen LogP contribution in [0.1, 0.15) is 72.7 Å². The summed E-state index contributed by atoms with van der Waals surface area (Å²) >= 11 is 1.45. The Kier molecular flexibility index (Phi) is 6.52. The number of nitrogens with one attached hydrogen (secondary N) is 1. The van der Waals surface area contributed by atoms with Gasteiger partial charge >= 0.3 is 11.9 Å². The highest BCUT2D eigenvalue weighted by Crippen LogP contribution is 2.40. The number of carbonyl (C=O) groups excluding carboxylic acids is 2. The van der Waals surface area contributed by atoms with Crippen molar-refractivity contribution in [2.45, 2.75) is 64.7 Å². The molecule has 3 rings (SSSR count). The zero-order chi connectivity index (χ0) is 19.4. The van der Waals surface area contributed by atoms with Crippen molar-refractivity contribution in [3.05, 3.63) is 16.0 Å². The maximum atomic E-state index is 12.9. The van der Waals surface area contributed by atoms with Crippen molar-refractivity contribution in [3.8, 4) is 0 Å². The summed E-state index contributed by atoms with van der Waals surface area (Å²) in [6.07, 6.45) is 7.36. The number of thiophene rings is 1. The van der Waals surface area contributed by atoms with E-state index in [1.165, 1.54) is 11.3 Å². The van der Waals surface area contributed by atoms with E-state index in [2.05, 4.69) is 5.32 Å². The van der Waals surface area contributed by atoms with Crippen LogP contribution in [0.4, 0.5) is 5.00 Å². The first-order valence-corrected chi connectivity index (χ1v) is 10.7. The topological polar surface area (TPSA) is 92.7 Å². The van der Waals surface area contributed by atoms with Gasteiger partial charge in [0, 0.05) is 4.88 Å². The summed E-state index contributed by atoms with van der Waals surface area (Å²) in [6.45, 7) is 2.29. The molecule has 0 aromatic carbocycles. The van der Waals surface area contributed by atoms with E-state index in [1.807, 2.05) is 6.92 Å². The summed E-state index contributed by atoms with van der Waals surface area (Å²) in [4.78, 5) is 38.2. The van der Waals surface area contributed by atoms with Crippen LogP contribution in [-0.2, 0) is 27.2 Å². The number of ether oxygens (including phenoxy) is 1. The SMILES string of the molecule is CCCOC(=O)c1c(NC(=O)[C@@H]2CCCC[C@H]2C(=O)O)sc2c1CCCC2. The van der Waals surface area contributed by atoms with E-state index in [4.69, 9.17) is 4.74 Å². The van der Waals surface area contributed by atoms with Gasteiger partial charge < -0.3 is 15.2 Å². The van der Waals surface area contributed by atoms with Crippen LogP contribution in [-0.4, -0.2) is 29.6 Å². The van der Waals surface area contributed by atoms with E-state index in [1.54, 1.807) is 0 Å². The Morgan fingerprint density at radius 2 is 1.81 bits per heavy atom. The lowest BCUT2D eigenvalue weighted by Crippen LogP contribution is -2.36. The Labute approximate surface area is 163 Å². The Balaban J connectivity index is 1.85. The minimum atomic E-state index is -0.914. The molecule has 148 valence electrons. The van der Waals surface area contributed by atoms with Crippen LogP contribution in [0.3, 0.4) is 0 Å². The predicted octanol–water partition coefficient (Wildman–Crippen LogP) is 4.02. The van der Waals surface area contributed by atoms with E-state index < -0.39 is 17.8 Å². The lowest BCUT2D eigenvalue weighted by Gasteiger charge is -2.27. The van der Waals surface area contributed by atoms with Gasteiger partial charge in [0.2, 0.25) is 5.91 Å². The molecule has 1 fully saturated rings. The van der Waals surface area contributed by atoms with Gasteiger partial charge in [-0.1, -0.05) is 19.8 Å². The number of amides is 1. The number of rotatable bonds is 6. The Hall–Kier alpha value is -1.89. The van der Waals surface area contributed by atoms with Crippen LogP contribution < -0.4 is 5.32 Å². The lowest BCUT2D eigenvalue weighted by atomic mass is 9.78. The first-order chi connectivity index (χ1) is 13.0. The zero-order valence-corrected chi connectivity index (χ0v) is 16.5. The number of aryl methyl sites for hydroxylation is 1. The molecule has 1 heterocycles. The van der Waals surface area contributed by atoms with Crippen molar-refractivity contribution >= 4 is 34.2 Å². The average Bonchev–Trinajstić information content (AvgIpc) is 3.03. The quantitative estimate of drug-likeness (QED) is 0.712.